The highest BCUT2D eigenvalue weighted by molar-refractivity contribution is 5.78. The van der Waals surface area contributed by atoms with Gasteiger partial charge in [-0.3, -0.25) is 9.78 Å². The summed E-state index contributed by atoms with van der Waals surface area (Å²) >= 11 is 0. The van der Waals surface area contributed by atoms with Gasteiger partial charge in [-0.2, -0.15) is 5.26 Å². The van der Waals surface area contributed by atoms with Crippen LogP contribution in [0.15, 0.2) is 31.0 Å². The second-order valence-electron chi connectivity index (χ2n) is 9.84. The summed E-state index contributed by atoms with van der Waals surface area (Å²) in [6, 6.07) is 8.43. The molecule has 2 aliphatic carbocycles. The lowest BCUT2D eigenvalue weighted by molar-refractivity contribution is -0.136. The van der Waals surface area contributed by atoms with E-state index >= 15 is 0 Å². The summed E-state index contributed by atoms with van der Waals surface area (Å²) in [6.45, 7) is 7.39. The number of nitrogens with zero attached hydrogens (tertiary/aromatic N) is 5. The van der Waals surface area contributed by atoms with E-state index < -0.39 is 6.10 Å². The zero-order valence-electron chi connectivity index (χ0n) is 19.7. The van der Waals surface area contributed by atoms with Crippen LogP contribution in [0.2, 0.25) is 0 Å². The van der Waals surface area contributed by atoms with Crippen molar-refractivity contribution in [2.75, 3.05) is 24.5 Å². The van der Waals surface area contributed by atoms with Crippen molar-refractivity contribution in [1.29, 1.82) is 5.26 Å². The van der Waals surface area contributed by atoms with E-state index in [1.807, 2.05) is 23.1 Å². The molecule has 3 fully saturated rings. The Morgan fingerprint density at radius 2 is 2.12 bits per heavy atom. The Labute approximate surface area is 200 Å². The van der Waals surface area contributed by atoms with Crippen LogP contribution in [0.3, 0.4) is 0 Å². The van der Waals surface area contributed by atoms with E-state index in [2.05, 4.69) is 22.5 Å². The first kappa shape index (κ1) is 22.5. The third kappa shape index (κ3) is 4.55. The maximum Gasteiger partial charge on any atom is 0.225 e. The van der Waals surface area contributed by atoms with E-state index in [1.54, 1.807) is 19.2 Å². The number of hydrogen-bond donors (Lipinski definition) is 1. The van der Waals surface area contributed by atoms with Crippen molar-refractivity contribution in [3.63, 3.8) is 0 Å². The van der Waals surface area contributed by atoms with Gasteiger partial charge in [0, 0.05) is 37.3 Å². The highest BCUT2D eigenvalue weighted by Gasteiger charge is 2.42. The molecule has 2 saturated carbocycles. The number of hydrogen-bond acceptors (Lipinski definition) is 6. The number of aliphatic hydroxyl groups is 1. The Bertz CT molecular complexity index is 1150. The standard InChI is InChI=1S/C27H31N5O2/c1-3-22-13-20(8-9-29-22)23-14-21(15-28)27(30-26(23)19-6-7-19)31-10-11-32(25(34)12-17(2)33)24(16-31)18-4-5-18/h3,8-9,13-14,17-19,24,33H,1,4-7,10-12,16H2,2H3/t17-,24+/m1/s1. The zero-order chi connectivity index (χ0) is 23.8. The molecule has 2 aromatic heterocycles. The second kappa shape index (κ2) is 9.19. The minimum Gasteiger partial charge on any atom is -0.393 e. The van der Waals surface area contributed by atoms with Gasteiger partial charge in [0.25, 0.3) is 0 Å². The Kier molecular flexibility index (Phi) is 6.09. The third-order valence-electron chi connectivity index (χ3n) is 7.09. The summed E-state index contributed by atoms with van der Waals surface area (Å²) < 4.78 is 0. The number of rotatable bonds is 7. The van der Waals surface area contributed by atoms with Crippen molar-refractivity contribution >= 4 is 17.8 Å². The van der Waals surface area contributed by atoms with E-state index in [4.69, 9.17) is 4.98 Å². The van der Waals surface area contributed by atoms with Gasteiger partial charge in [-0.25, -0.2) is 4.98 Å². The lowest BCUT2D eigenvalue weighted by Crippen LogP contribution is -2.57. The average Bonchev–Trinajstić information content (AvgIpc) is 3.76. The van der Waals surface area contributed by atoms with Crippen LogP contribution in [0, 0.1) is 17.2 Å². The molecule has 34 heavy (non-hydrogen) atoms. The average molecular weight is 458 g/mol. The number of carbonyl (C=O) groups is 1. The molecule has 0 spiro atoms. The summed E-state index contributed by atoms with van der Waals surface area (Å²) in [5, 5.41) is 19.8. The van der Waals surface area contributed by atoms with Crippen molar-refractivity contribution in [2.45, 2.75) is 57.1 Å². The molecule has 7 nitrogen and oxygen atoms in total. The molecule has 1 amide bonds. The van der Waals surface area contributed by atoms with E-state index in [-0.39, 0.29) is 18.4 Å². The van der Waals surface area contributed by atoms with Crippen LogP contribution in [0.5, 0.6) is 0 Å². The Morgan fingerprint density at radius 3 is 2.76 bits per heavy atom. The smallest absolute Gasteiger partial charge is 0.225 e. The van der Waals surface area contributed by atoms with Gasteiger partial charge < -0.3 is 14.9 Å². The molecule has 7 heteroatoms. The van der Waals surface area contributed by atoms with Crippen LogP contribution >= 0.6 is 0 Å². The fourth-order valence-electron chi connectivity index (χ4n) is 5.03. The van der Waals surface area contributed by atoms with Gasteiger partial charge >= 0.3 is 0 Å². The zero-order valence-corrected chi connectivity index (χ0v) is 19.7. The SMILES string of the molecule is C=Cc1cc(-c2cc(C#N)c(N3CCN(C(=O)C[C@@H](C)O)[C@H](C4CC4)C3)nc2C2CC2)ccn1. The van der Waals surface area contributed by atoms with Crippen molar-refractivity contribution in [3.05, 3.63) is 47.9 Å². The van der Waals surface area contributed by atoms with E-state index in [9.17, 15) is 15.2 Å². The minimum absolute atomic E-state index is 0.0183. The number of anilines is 1. The maximum atomic E-state index is 12.8. The summed E-state index contributed by atoms with van der Waals surface area (Å²) in [6.07, 6.45) is 7.47. The third-order valence-corrected chi connectivity index (χ3v) is 7.09. The summed E-state index contributed by atoms with van der Waals surface area (Å²) in [4.78, 5) is 26.4. The van der Waals surface area contributed by atoms with Crippen molar-refractivity contribution in [1.82, 2.24) is 14.9 Å². The van der Waals surface area contributed by atoms with Gasteiger partial charge in [-0.1, -0.05) is 6.58 Å². The second-order valence-corrected chi connectivity index (χ2v) is 9.84. The first-order chi connectivity index (χ1) is 16.5. The Hall–Kier alpha value is -3.24. The van der Waals surface area contributed by atoms with Gasteiger partial charge in [-0.15, -0.1) is 0 Å². The molecular formula is C27H31N5O2. The van der Waals surface area contributed by atoms with E-state index in [0.717, 1.165) is 54.0 Å². The van der Waals surface area contributed by atoms with Crippen molar-refractivity contribution in [2.24, 2.45) is 5.92 Å². The van der Waals surface area contributed by atoms with Crippen LogP contribution in [0.1, 0.15) is 61.9 Å². The molecule has 1 aliphatic heterocycles. The molecule has 0 bridgehead atoms. The van der Waals surface area contributed by atoms with Gasteiger partial charge in [0.15, 0.2) is 0 Å². The first-order valence-corrected chi connectivity index (χ1v) is 12.2. The molecule has 3 aliphatic rings. The lowest BCUT2D eigenvalue weighted by Gasteiger charge is -2.43. The van der Waals surface area contributed by atoms with Crippen LogP contribution in [0.25, 0.3) is 17.2 Å². The Balaban J connectivity index is 1.48. The predicted octanol–water partition coefficient (Wildman–Crippen LogP) is 3.73. The van der Waals surface area contributed by atoms with Gasteiger partial charge in [0.1, 0.15) is 11.9 Å². The molecular weight excluding hydrogens is 426 g/mol. The monoisotopic (exact) mass is 457 g/mol. The topological polar surface area (TPSA) is 93.4 Å². The molecule has 3 heterocycles. The fraction of sp³-hybridized carbons (Fsp3) is 0.481. The maximum absolute atomic E-state index is 12.8. The molecule has 2 atom stereocenters. The number of aromatic nitrogens is 2. The van der Waals surface area contributed by atoms with Gasteiger partial charge in [-0.05, 0) is 68.4 Å². The van der Waals surface area contributed by atoms with Crippen LogP contribution in [0.4, 0.5) is 5.82 Å². The highest BCUT2D eigenvalue weighted by Crippen LogP contribution is 2.45. The molecule has 2 aromatic rings. The van der Waals surface area contributed by atoms with Gasteiger partial charge in [0.2, 0.25) is 5.91 Å². The molecule has 0 aromatic carbocycles. The minimum atomic E-state index is -0.638. The summed E-state index contributed by atoms with van der Waals surface area (Å²) in [7, 11) is 0. The first-order valence-electron chi connectivity index (χ1n) is 12.2. The van der Waals surface area contributed by atoms with Gasteiger partial charge in [0.05, 0.1) is 35.5 Å². The van der Waals surface area contributed by atoms with Crippen molar-refractivity contribution in [3.8, 4) is 17.2 Å². The summed E-state index contributed by atoms with van der Waals surface area (Å²) in [5.74, 6) is 1.65. The number of pyridine rings is 2. The van der Waals surface area contributed by atoms with Crippen LogP contribution in [-0.2, 0) is 4.79 Å². The largest absolute Gasteiger partial charge is 0.393 e. The van der Waals surface area contributed by atoms with Crippen molar-refractivity contribution < 1.29 is 9.90 Å². The number of piperazine rings is 1. The molecule has 0 unspecified atom stereocenters. The Morgan fingerprint density at radius 1 is 1.32 bits per heavy atom. The predicted molar refractivity (Wildman–Crippen MR) is 131 cm³/mol. The highest BCUT2D eigenvalue weighted by atomic mass is 16.3. The van der Waals surface area contributed by atoms with E-state index in [0.29, 0.717) is 37.0 Å². The normalized spacial score (nSPS) is 21.1. The number of aliphatic hydroxyl groups excluding tert-OH is 1. The summed E-state index contributed by atoms with van der Waals surface area (Å²) in [5.41, 5.74) is 4.41. The molecule has 0 radical (unpaired) electrons. The van der Waals surface area contributed by atoms with E-state index in [1.165, 1.54) is 0 Å². The van der Waals surface area contributed by atoms with Crippen LogP contribution < -0.4 is 4.90 Å². The molecule has 1 N–H and O–H groups in total. The molecule has 5 rings (SSSR count). The number of carbonyl (C=O) groups excluding carboxylic acids is 1. The number of amides is 1. The molecule has 176 valence electrons. The lowest BCUT2D eigenvalue weighted by atomic mass is 9.98. The van der Waals surface area contributed by atoms with Crippen LogP contribution in [-0.4, -0.2) is 57.7 Å². The fourth-order valence-corrected chi connectivity index (χ4v) is 5.03. The molecule has 1 saturated heterocycles. The number of nitriles is 1. The quantitative estimate of drug-likeness (QED) is 0.681.